The molecule has 1 aromatic heterocycles. The number of carbonyl (C=O) groups excluding carboxylic acids is 1. The third kappa shape index (κ3) is 5.06. The summed E-state index contributed by atoms with van der Waals surface area (Å²) in [7, 11) is 0. The second-order valence-electron chi connectivity index (χ2n) is 5.39. The van der Waals surface area contributed by atoms with Gasteiger partial charge in [0.1, 0.15) is 0 Å². The Hall–Kier alpha value is -2.86. The average molecular weight is 350 g/mol. The number of aromatic nitrogens is 1. The van der Waals surface area contributed by atoms with Crippen LogP contribution in [0.2, 0.25) is 0 Å². The minimum Gasteiger partial charge on any atom is -0.326 e. The zero-order valence-corrected chi connectivity index (χ0v) is 14.7. The van der Waals surface area contributed by atoms with Crippen molar-refractivity contribution in [3.8, 4) is 0 Å². The Labute approximate surface area is 150 Å². The third-order valence-corrected chi connectivity index (χ3v) is 4.47. The molecule has 5 nitrogen and oxygen atoms in total. The van der Waals surface area contributed by atoms with Gasteiger partial charge in [-0.3, -0.25) is 4.79 Å². The van der Waals surface area contributed by atoms with Gasteiger partial charge in [-0.05, 0) is 42.8 Å². The third-order valence-electron chi connectivity index (χ3n) is 3.43. The summed E-state index contributed by atoms with van der Waals surface area (Å²) in [4.78, 5) is 16.5. The number of amides is 1. The minimum atomic E-state index is -0.0772. The highest BCUT2D eigenvalue weighted by Gasteiger charge is 2.07. The fourth-order valence-corrected chi connectivity index (χ4v) is 2.93. The maximum absolute atomic E-state index is 12.1. The quantitative estimate of drug-likeness (QED) is 0.613. The Morgan fingerprint density at radius 1 is 1.04 bits per heavy atom. The van der Waals surface area contributed by atoms with E-state index in [0.29, 0.717) is 0 Å². The smallest absolute Gasteiger partial charge is 0.230 e. The average Bonchev–Trinajstić information content (AvgIpc) is 3.09. The van der Waals surface area contributed by atoms with Crippen molar-refractivity contribution in [1.29, 1.82) is 0 Å². The fraction of sp³-hybridized carbons (Fsp3) is 0.158. The minimum absolute atomic E-state index is 0.0772. The molecule has 0 saturated heterocycles. The lowest BCUT2D eigenvalue weighted by atomic mass is 10.2. The van der Waals surface area contributed by atoms with Crippen LogP contribution in [0.3, 0.4) is 0 Å². The number of hydrogen-bond donors (Lipinski definition) is 1. The number of hydrogen-bond acceptors (Lipinski definition) is 5. The van der Waals surface area contributed by atoms with E-state index in [1.54, 1.807) is 11.3 Å². The number of thiazole rings is 1. The van der Waals surface area contributed by atoms with Crippen molar-refractivity contribution < 1.29 is 4.79 Å². The van der Waals surface area contributed by atoms with Crippen LogP contribution < -0.4 is 5.32 Å². The second-order valence-corrected chi connectivity index (χ2v) is 6.34. The highest BCUT2D eigenvalue weighted by molar-refractivity contribution is 7.09. The Morgan fingerprint density at radius 3 is 2.36 bits per heavy atom. The molecular formula is C19H18N4OS. The van der Waals surface area contributed by atoms with Crippen molar-refractivity contribution in [3.63, 3.8) is 0 Å². The van der Waals surface area contributed by atoms with Crippen molar-refractivity contribution in [2.45, 2.75) is 19.8 Å². The molecular weight excluding hydrogens is 332 g/mol. The van der Waals surface area contributed by atoms with Crippen molar-refractivity contribution in [3.05, 3.63) is 70.7 Å². The van der Waals surface area contributed by atoms with Gasteiger partial charge < -0.3 is 5.32 Å². The van der Waals surface area contributed by atoms with Crippen LogP contribution in [0.4, 0.5) is 17.1 Å². The van der Waals surface area contributed by atoms with Gasteiger partial charge in [-0.2, -0.15) is 10.2 Å². The SMILES string of the molecule is CCc1nc(CC(=O)Nc2ccc(N=Nc3ccccc3)cc2)cs1. The van der Waals surface area contributed by atoms with Gasteiger partial charge in [0.25, 0.3) is 0 Å². The number of aryl methyl sites for hydroxylation is 1. The summed E-state index contributed by atoms with van der Waals surface area (Å²) in [5, 5.41) is 14.2. The first-order valence-electron chi connectivity index (χ1n) is 8.03. The molecule has 0 aliphatic rings. The van der Waals surface area contributed by atoms with Crippen molar-refractivity contribution in [2.75, 3.05) is 5.32 Å². The summed E-state index contributed by atoms with van der Waals surface area (Å²) in [5.41, 5.74) is 3.07. The molecule has 1 heterocycles. The lowest BCUT2D eigenvalue weighted by Crippen LogP contribution is -2.14. The van der Waals surface area contributed by atoms with Gasteiger partial charge in [-0.15, -0.1) is 11.3 Å². The Bertz CT molecular complexity index is 857. The van der Waals surface area contributed by atoms with Gasteiger partial charge in [-0.1, -0.05) is 25.1 Å². The fourth-order valence-electron chi connectivity index (χ4n) is 2.18. The van der Waals surface area contributed by atoms with Gasteiger partial charge in [0.2, 0.25) is 5.91 Å². The number of azo groups is 1. The maximum atomic E-state index is 12.1. The van der Waals surface area contributed by atoms with Gasteiger partial charge >= 0.3 is 0 Å². The molecule has 0 radical (unpaired) electrons. The number of nitrogens with one attached hydrogen (secondary N) is 1. The van der Waals surface area contributed by atoms with Crippen molar-refractivity contribution in [1.82, 2.24) is 4.98 Å². The highest BCUT2D eigenvalue weighted by Crippen LogP contribution is 2.20. The van der Waals surface area contributed by atoms with E-state index in [2.05, 4.69) is 27.5 Å². The molecule has 126 valence electrons. The number of rotatable bonds is 6. The molecule has 0 aliphatic carbocycles. The molecule has 0 bridgehead atoms. The molecule has 1 N–H and O–H groups in total. The monoisotopic (exact) mass is 350 g/mol. The van der Waals surface area contributed by atoms with E-state index in [-0.39, 0.29) is 12.3 Å². The van der Waals surface area contributed by atoms with Crippen LogP contribution >= 0.6 is 11.3 Å². The number of nitrogens with zero attached hydrogens (tertiary/aromatic N) is 3. The van der Waals surface area contributed by atoms with E-state index in [1.165, 1.54) is 0 Å². The topological polar surface area (TPSA) is 66.7 Å². The first kappa shape index (κ1) is 17.0. The second kappa shape index (κ2) is 8.30. The Balaban J connectivity index is 1.56. The maximum Gasteiger partial charge on any atom is 0.230 e. The van der Waals surface area contributed by atoms with Crippen LogP contribution in [0.15, 0.2) is 70.2 Å². The molecule has 3 rings (SSSR count). The van der Waals surface area contributed by atoms with E-state index < -0.39 is 0 Å². The predicted molar refractivity (Wildman–Crippen MR) is 101 cm³/mol. The van der Waals surface area contributed by atoms with Crippen LogP contribution in [-0.2, 0) is 17.6 Å². The molecule has 0 unspecified atom stereocenters. The summed E-state index contributed by atoms with van der Waals surface area (Å²) in [6.07, 6.45) is 1.18. The van der Waals surface area contributed by atoms with Crippen molar-refractivity contribution in [2.24, 2.45) is 10.2 Å². The van der Waals surface area contributed by atoms with E-state index in [0.717, 1.165) is 34.2 Å². The first-order valence-corrected chi connectivity index (χ1v) is 8.91. The molecule has 0 atom stereocenters. The molecule has 1 amide bonds. The van der Waals surface area contributed by atoms with E-state index in [4.69, 9.17) is 0 Å². The van der Waals surface area contributed by atoms with Crippen LogP contribution in [0, 0.1) is 0 Å². The van der Waals surface area contributed by atoms with Crippen LogP contribution in [-0.4, -0.2) is 10.9 Å². The summed E-state index contributed by atoms with van der Waals surface area (Å²) in [6.45, 7) is 2.05. The largest absolute Gasteiger partial charge is 0.326 e. The predicted octanol–water partition coefficient (Wildman–Crippen LogP) is 5.30. The molecule has 0 saturated carbocycles. The summed E-state index contributed by atoms with van der Waals surface area (Å²) in [6, 6.07) is 16.8. The van der Waals surface area contributed by atoms with Gasteiger partial charge in [-0.25, -0.2) is 4.98 Å². The van der Waals surface area contributed by atoms with Crippen LogP contribution in [0.25, 0.3) is 0 Å². The lowest BCUT2D eigenvalue weighted by molar-refractivity contribution is -0.115. The molecule has 0 aliphatic heterocycles. The van der Waals surface area contributed by atoms with Crippen LogP contribution in [0.5, 0.6) is 0 Å². The summed E-state index contributed by atoms with van der Waals surface area (Å²) in [5.74, 6) is -0.0772. The molecule has 0 fully saturated rings. The number of anilines is 1. The zero-order chi connectivity index (χ0) is 17.5. The molecule has 3 aromatic rings. The summed E-state index contributed by atoms with van der Waals surface area (Å²) < 4.78 is 0. The molecule has 2 aromatic carbocycles. The lowest BCUT2D eigenvalue weighted by Gasteiger charge is -2.04. The molecule has 6 heteroatoms. The standard InChI is InChI=1S/C19H18N4OS/c1-2-19-21-17(13-25-19)12-18(24)20-14-8-10-16(11-9-14)23-22-15-6-4-3-5-7-15/h3-11,13H,2,12H2,1H3,(H,20,24). The summed E-state index contributed by atoms with van der Waals surface area (Å²) >= 11 is 1.59. The van der Waals surface area contributed by atoms with E-state index >= 15 is 0 Å². The Kier molecular flexibility index (Phi) is 5.64. The number of benzene rings is 2. The van der Waals surface area contributed by atoms with Gasteiger partial charge in [0.05, 0.1) is 28.5 Å². The van der Waals surface area contributed by atoms with Gasteiger partial charge in [0, 0.05) is 11.1 Å². The molecule has 0 spiro atoms. The number of carbonyl (C=O) groups is 1. The van der Waals surface area contributed by atoms with Crippen LogP contribution in [0.1, 0.15) is 17.6 Å². The normalized spacial score (nSPS) is 10.9. The highest BCUT2D eigenvalue weighted by atomic mass is 32.1. The van der Waals surface area contributed by atoms with E-state index in [9.17, 15) is 4.79 Å². The zero-order valence-electron chi connectivity index (χ0n) is 13.8. The van der Waals surface area contributed by atoms with Gasteiger partial charge in [0.15, 0.2) is 0 Å². The van der Waals surface area contributed by atoms with Crippen molar-refractivity contribution >= 4 is 34.3 Å². The van der Waals surface area contributed by atoms with E-state index in [1.807, 2.05) is 60.0 Å². The Morgan fingerprint density at radius 2 is 1.72 bits per heavy atom. The molecule has 25 heavy (non-hydrogen) atoms. The first-order chi connectivity index (χ1) is 12.2.